The predicted octanol–water partition coefficient (Wildman–Crippen LogP) is 6.71. The predicted molar refractivity (Wildman–Crippen MR) is 160 cm³/mol. The normalized spacial score (nSPS) is 16.9. The molecule has 6 nitrogen and oxygen atoms in total. The summed E-state index contributed by atoms with van der Waals surface area (Å²) in [7, 11) is 1.69. The number of benzene rings is 3. The average molecular weight is 565 g/mol. The quantitative estimate of drug-likeness (QED) is 0.239. The van der Waals surface area contributed by atoms with Crippen LogP contribution in [0.1, 0.15) is 66.1 Å². The van der Waals surface area contributed by atoms with Gasteiger partial charge >= 0.3 is 0 Å². The van der Waals surface area contributed by atoms with Crippen molar-refractivity contribution in [3.05, 3.63) is 94.0 Å². The van der Waals surface area contributed by atoms with Crippen LogP contribution in [0.5, 0.6) is 11.5 Å². The second kappa shape index (κ2) is 14.1. The van der Waals surface area contributed by atoms with Crippen molar-refractivity contribution in [3.63, 3.8) is 0 Å². The fourth-order valence-electron chi connectivity index (χ4n) is 5.68. The summed E-state index contributed by atoms with van der Waals surface area (Å²) in [5, 5.41) is 13.1. The van der Waals surface area contributed by atoms with Crippen LogP contribution in [0.25, 0.3) is 0 Å². The summed E-state index contributed by atoms with van der Waals surface area (Å²) in [6, 6.07) is 20.9. The first-order valence-corrected chi connectivity index (χ1v) is 14.6. The van der Waals surface area contributed by atoms with Crippen molar-refractivity contribution < 1.29 is 19.4 Å². The highest BCUT2D eigenvalue weighted by Crippen LogP contribution is 2.47. The van der Waals surface area contributed by atoms with Gasteiger partial charge in [-0.25, -0.2) is 0 Å². The largest absolute Gasteiger partial charge is 0.455 e. The van der Waals surface area contributed by atoms with Crippen LogP contribution in [0, 0.1) is 5.92 Å². The Hall–Kier alpha value is -2.90. The third kappa shape index (κ3) is 6.87. The molecule has 0 saturated carbocycles. The Kier molecular flexibility index (Phi) is 10.6. The summed E-state index contributed by atoms with van der Waals surface area (Å²) in [6.07, 6.45) is 4.47. The number of nitrogens with two attached hydrogens (primary N) is 1. The van der Waals surface area contributed by atoms with Gasteiger partial charge in [-0.1, -0.05) is 61.0 Å². The van der Waals surface area contributed by atoms with Gasteiger partial charge in [-0.05, 0) is 73.9 Å². The van der Waals surface area contributed by atoms with E-state index in [2.05, 4.69) is 6.92 Å². The molecular weight excluding hydrogens is 524 g/mol. The third-order valence-electron chi connectivity index (χ3n) is 7.98. The number of piperidine rings is 1. The molecule has 1 saturated heterocycles. The van der Waals surface area contributed by atoms with E-state index in [4.69, 9.17) is 26.8 Å². The van der Waals surface area contributed by atoms with Crippen LogP contribution in [0.4, 0.5) is 0 Å². The summed E-state index contributed by atoms with van der Waals surface area (Å²) >= 11 is 6.76. The lowest BCUT2D eigenvalue weighted by Crippen LogP contribution is -2.48. The van der Waals surface area contributed by atoms with Crippen molar-refractivity contribution >= 4 is 17.5 Å². The average Bonchev–Trinajstić information content (AvgIpc) is 3.00. The van der Waals surface area contributed by atoms with Gasteiger partial charge < -0.3 is 25.2 Å². The molecule has 2 atom stereocenters. The number of aryl methyl sites for hydroxylation is 1. The molecule has 1 fully saturated rings. The van der Waals surface area contributed by atoms with E-state index in [1.165, 1.54) is 0 Å². The number of likely N-dealkylation sites (tertiary alicyclic amines) is 1. The Morgan fingerprint density at radius 3 is 2.60 bits per heavy atom. The van der Waals surface area contributed by atoms with Crippen LogP contribution in [0.3, 0.4) is 0 Å². The SMILES string of the molecule is CCc1ccccc1Oc1c(Cl)cccc1[C@](O)(CCCCOC)[C@@H]1CCCN(C(=O)c2ccc(CN)cc2)C1. The zero-order valence-electron chi connectivity index (χ0n) is 23.6. The Morgan fingerprint density at radius 2 is 1.88 bits per heavy atom. The molecule has 0 aromatic heterocycles. The lowest BCUT2D eigenvalue weighted by molar-refractivity contribution is -0.0589. The molecular formula is C33H41ClN2O4. The molecule has 0 radical (unpaired) electrons. The fraction of sp³-hybridized carbons (Fsp3) is 0.424. The van der Waals surface area contributed by atoms with Gasteiger partial charge in [0.25, 0.3) is 5.91 Å². The van der Waals surface area contributed by atoms with Crippen LogP contribution >= 0.6 is 11.6 Å². The van der Waals surface area contributed by atoms with Gasteiger partial charge in [0.15, 0.2) is 5.75 Å². The van der Waals surface area contributed by atoms with Crippen molar-refractivity contribution in [1.29, 1.82) is 0 Å². The third-order valence-corrected chi connectivity index (χ3v) is 8.27. The van der Waals surface area contributed by atoms with Crippen molar-refractivity contribution in [2.45, 2.75) is 57.6 Å². The van der Waals surface area contributed by atoms with Crippen molar-refractivity contribution in [2.75, 3.05) is 26.8 Å². The Bertz CT molecular complexity index is 1270. The standard InChI is InChI=1S/C33H41ClN2O4/c1-3-25-10-4-5-14-30(25)40-31-28(12-8-13-29(31)34)33(38,19-6-7-21-39-2)27-11-9-20-36(23-27)32(37)26-17-15-24(22-35)16-18-26/h4-5,8,10,12-18,27,38H,3,6-7,9,11,19-23,35H2,1-2H3/t27-,33+/m1/s1. The maximum atomic E-state index is 13.5. The minimum absolute atomic E-state index is 0.0329. The molecule has 4 rings (SSSR count). The van der Waals surface area contributed by atoms with E-state index in [0.717, 1.165) is 49.0 Å². The summed E-state index contributed by atoms with van der Waals surface area (Å²) < 4.78 is 11.8. The highest BCUT2D eigenvalue weighted by Gasteiger charge is 2.43. The van der Waals surface area contributed by atoms with Gasteiger partial charge in [-0.15, -0.1) is 0 Å². The second-order valence-corrected chi connectivity index (χ2v) is 11.0. The maximum Gasteiger partial charge on any atom is 0.253 e. The Labute approximate surface area is 243 Å². The molecule has 0 unspecified atom stereocenters. The number of hydrogen-bond donors (Lipinski definition) is 2. The van der Waals surface area contributed by atoms with E-state index in [-0.39, 0.29) is 11.8 Å². The van der Waals surface area contributed by atoms with Gasteiger partial charge in [0.2, 0.25) is 0 Å². The fourth-order valence-corrected chi connectivity index (χ4v) is 5.89. The minimum atomic E-state index is -1.25. The van der Waals surface area contributed by atoms with E-state index in [1.807, 2.05) is 65.6 Å². The molecule has 0 spiro atoms. The van der Waals surface area contributed by atoms with Crippen LogP contribution in [0.2, 0.25) is 5.02 Å². The van der Waals surface area contributed by atoms with Gasteiger partial charge in [0.05, 0.1) is 10.6 Å². The summed E-state index contributed by atoms with van der Waals surface area (Å²) in [5.74, 6) is 0.968. The molecule has 214 valence electrons. The van der Waals surface area contributed by atoms with Gasteiger partial charge in [0.1, 0.15) is 5.75 Å². The number of nitrogens with zero attached hydrogens (tertiary/aromatic N) is 1. The molecule has 1 amide bonds. The Morgan fingerprint density at radius 1 is 1.10 bits per heavy atom. The topological polar surface area (TPSA) is 85.0 Å². The van der Waals surface area contributed by atoms with Crippen LogP contribution in [-0.4, -0.2) is 42.7 Å². The molecule has 1 aliphatic rings. The molecule has 7 heteroatoms. The molecule has 0 bridgehead atoms. The zero-order chi connectivity index (χ0) is 28.5. The van der Waals surface area contributed by atoms with E-state index in [1.54, 1.807) is 13.2 Å². The molecule has 3 aromatic rings. The highest BCUT2D eigenvalue weighted by molar-refractivity contribution is 6.32. The number of halogens is 1. The van der Waals surface area contributed by atoms with E-state index in [9.17, 15) is 9.90 Å². The van der Waals surface area contributed by atoms with Crippen molar-refractivity contribution in [3.8, 4) is 11.5 Å². The molecule has 40 heavy (non-hydrogen) atoms. The van der Waals surface area contributed by atoms with Crippen LogP contribution < -0.4 is 10.5 Å². The first kappa shape index (κ1) is 30.1. The zero-order valence-corrected chi connectivity index (χ0v) is 24.3. The number of carbonyl (C=O) groups excluding carboxylic acids is 1. The number of methoxy groups -OCH3 is 1. The smallest absolute Gasteiger partial charge is 0.253 e. The number of para-hydroxylation sites is 2. The van der Waals surface area contributed by atoms with Crippen molar-refractivity contribution in [2.24, 2.45) is 11.7 Å². The number of aliphatic hydroxyl groups is 1. The molecule has 1 heterocycles. The number of amides is 1. The van der Waals surface area contributed by atoms with Crippen LogP contribution in [0.15, 0.2) is 66.7 Å². The number of unbranched alkanes of at least 4 members (excludes halogenated alkanes) is 1. The second-order valence-electron chi connectivity index (χ2n) is 10.5. The maximum absolute atomic E-state index is 13.5. The number of hydrogen-bond acceptors (Lipinski definition) is 5. The summed E-state index contributed by atoms with van der Waals surface area (Å²) in [6.45, 7) is 4.22. The van der Waals surface area contributed by atoms with E-state index in [0.29, 0.717) is 54.6 Å². The molecule has 3 aromatic carbocycles. The first-order valence-electron chi connectivity index (χ1n) is 14.3. The van der Waals surface area contributed by atoms with Crippen molar-refractivity contribution in [1.82, 2.24) is 4.90 Å². The Balaban J connectivity index is 1.68. The van der Waals surface area contributed by atoms with Gasteiger partial charge in [0, 0.05) is 50.4 Å². The minimum Gasteiger partial charge on any atom is -0.455 e. The molecule has 3 N–H and O–H groups in total. The van der Waals surface area contributed by atoms with Crippen LogP contribution in [-0.2, 0) is 23.3 Å². The van der Waals surface area contributed by atoms with Gasteiger partial charge in [-0.2, -0.15) is 0 Å². The first-order chi connectivity index (χ1) is 19.4. The molecule has 0 aliphatic carbocycles. The number of rotatable bonds is 12. The lowest BCUT2D eigenvalue weighted by atomic mass is 9.73. The monoisotopic (exact) mass is 564 g/mol. The van der Waals surface area contributed by atoms with E-state index >= 15 is 0 Å². The molecule has 1 aliphatic heterocycles. The summed E-state index contributed by atoms with van der Waals surface area (Å²) in [4.78, 5) is 15.4. The lowest BCUT2D eigenvalue weighted by Gasteiger charge is -2.43. The van der Waals surface area contributed by atoms with E-state index < -0.39 is 5.60 Å². The highest BCUT2D eigenvalue weighted by atomic mass is 35.5. The number of carbonyl (C=O) groups is 1. The van der Waals surface area contributed by atoms with Gasteiger partial charge in [-0.3, -0.25) is 4.79 Å². The summed E-state index contributed by atoms with van der Waals surface area (Å²) in [5.41, 5.74) is 7.82. The number of ether oxygens (including phenoxy) is 2.